The van der Waals surface area contributed by atoms with Crippen LogP contribution in [0.5, 0.6) is 5.75 Å². The van der Waals surface area contributed by atoms with Crippen molar-refractivity contribution in [2.45, 2.75) is 32.6 Å². The van der Waals surface area contributed by atoms with Gasteiger partial charge in [0.1, 0.15) is 0 Å². The van der Waals surface area contributed by atoms with E-state index in [4.69, 9.17) is 4.74 Å². The number of hydrogen-bond donors (Lipinski definition) is 0. The summed E-state index contributed by atoms with van der Waals surface area (Å²) in [5, 5.41) is 0. The Balaban J connectivity index is 2.83. The molecule has 0 N–H and O–H groups in total. The van der Waals surface area contributed by atoms with Gasteiger partial charge in [0, 0.05) is 6.42 Å². The molecule has 6 heteroatoms. The Morgan fingerprint density at radius 2 is 1.95 bits per heavy atom. The molecule has 0 aliphatic carbocycles. The van der Waals surface area contributed by atoms with Crippen molar-refractivity contribution in [3.63, 3.8) is 0 Å². The van der Waals surface area contributed by atoms with Crippen molar-refractivity contribution < 1.29 is 27.4 Å². The molecular formula is C14H17F3O3. The number of benzene rings is 1. The van der Waals surface area contributed by atoms with Crippen molar-refractivity contribution in [1.82, 2.24) is 0 Å². The van der Waals surface area contributed by atoms with Crippen LogP contribution in [-0.2, 0) is 9.53 Å². The molecule has 1 atom stereocenters. The average Bonchev–Trinajstić information content (AvgIpc) is 2.43. The zero-order valence-corrected chi connectivity index (χ0v) is 11.6. The molecule has 0 radical (unpaired) electrons. The molecule has 0 spiro atoms. The van der Waals surface area contributed by atoms with Crippen LogP contribution in [0.15, 0.2) is 6.07 Å². The van der Waals surface area contributed by atoms with Crippen LogP contribution in [-0.4, -0.2) is 19.7 Å². The fourth-order valence-corrected chi connectivity index (χ4v) is 1.75. The van der Waals surface area contributed by atoms with E-state index in [2.05, 4.69) is 4.74 Å². The molecule has 1 aromatic carbocycles. The van der Waals surface area contributed by atoms with Gasteiger partial charge in [-0.05, 0) is 24.0 Å². The first-order chi connectivity index (χ1) is 9.42. The second kappa shape index (κ2) is 7.17. The second-order valence-electron chi connectivity index (χ2n) is 4.37. The first-order valence-corrected chi connectivity index (χ1v) is 6.29. The first-order valence-electron chi connectivity index (χ1n) is 6.29. The SMILES string of the molecule is CCC(=O)OCCC(C)c1cc(F)c(OC)c(F)c1F. The summed E-state index contributed by atoms with van der Waals surface area (Å²) in [6.07, 6.45) is 0.516. The van der Waals surface area contributed by atoms with Crippen molar-refractivity contribution in [3.05, 3.63) is 29.1 Å². The zero-order chi connectivity index (χ0) is 15.3. The van der Waals surface area contributed by atoms with Gasteiger partial charge in [0.15, 0.2) is 17.4 Å². The van der Waals surface area contributed by atoms with E-state index in [1.807, 2.05) is 0 Å². The molecule has 1 aromatic rings. The molecule has 0 aromatic heterocycles. The molecule has 20 heavy (non-hydrogen) atoms. The number of carbonyl (C=O) groups excluding carboxylic acids is 1. The van der Waals surface area contributed by atoms with Gasteiger partial charge in [-0.1, -0.05) is 13.8 Å². The molecule has 0 saturated carbocycles. The largest absolute Gasteiger partial charge is 0.491 e. The predicted molar refractivity (Wildman–Crippen MR) is 67.2 cm³/mol. The van der Waals surface area contributed by atoms with E-state index in [1.54, 1.807) is 13.8 Å². The maximum Gasteiger partial charge on any atom is 0.305 e. The van der Waals surface area contributed by atoms with Crippen molar-refractivity contribution in [2.75, 3.05) is 13.7 Å². The van der Waals surface area contributed by atoms with Crippen LogP contribution in [0, 0.1) is 17.5 Å². The molecule has 112 valence electrons. The van der Waals surface area contributed by atoms with Gasteiger partial charge in [0.25, 0.3) is 0 Å². The lowest BCUT2D eigenvalue weighted by Crippen LogP contribution is -2.09. The van der Waals surface area contributed by atoms with Crippen molar-refractivity contribution in [3.8, 4) is 5.75 Å². The summed E-state index contributed by atoms with van der Waals surface area (Å²) in [6, 6.07) is 0.906. The molecule has 0 heterocycles. The van der Waals surface area contributed by atoms with E-state index >= 15 is 0 Å². The molecule has 3 nitrogen and oxygen atoms in total. The number of ether oxygens (including phenoxy) is 2. The number of esters is 1. The molecular weight excluding hydrogens is 273 g/mol. The Morgan fingerprint density at radius 3 is 2.50 bits per heavy atom. The molecule has 0 aliphatic rings. The fraction of sp³-hybridized carbons (Fsp3) is 0.500. The minimum absolute atomic E-state index is 0.0720. The second-order valence-corrected chi connectivity index (χ2v) is 4.37. The molecule has 0 bridgehead atoms. The molecule has 0 aliphatic heterocycles. The lowest BCUT2D eigenvalue weighted by Gasteiger charge is -2.15. The Morgan fingerprint density at radius 1 is 1.30 bits per heavy atom. The third kappa shape index (κ3) is 3.65. The van der Waals surface area contributed by atoms with Crippen molar-refractivity contribution in [1.29, 1.82) is 0 Å². The highest BCUT2D eigenvalue weighted by molar-refractivity contribution is 5.68. The van der Waals surface area contributed by atoms with Crippen LogP contribution in [0.4, 0.5) is 13.2 Å². The Hall–Kier alpha value is -1.72. The lowest BCUT2D eigenvalue weighted by atomic mass is 9.97. The van der Waals surface area contributed by atoms with Crippen molar-refractivity contribution in [2.24, 2.45) is 0 Å². The Bertz CT molecular complexity index is 489. The smallest absolute Gasteiger partial charge is 0.305 e. The number of hydrogen-bond acceptors (Lipinski definition) is 3. The third-order valence-electron chi connectivity index (χ3n) is 2.98. The van der Waals surface area contributed by atoms with Crippen LogP contribution in [0.1, 0.15) is 38.2 Å². The highest BCUT2D eigenvalue weighted by atomic mass is 19.2. The summed E-state index contributed by atoms with van der Waals surface area (Å²) < 4.78 is 50.2. The maximum absolute atomic E-state index is 13.8. The molecule has 1 rings (SSSR count). The van der Waals surface area contributed by atoms with E-state index in [9.17, 15) is 18.0 Å². The summed E-state index contributed by atoms with van der Waals surface area (Å²) in [5.41, 5.74) is -0.103. The van der Waals surface area contributed by atoms with E-state index < -0.39 is 29.1 Å². The minimum Gasteiger partial charge on any atom is -0.491 e. The summed E-state index contributed by atoms with van der Waals surface area (Å²) in [4.78, 5) is 11.0. The Labute approximate surface area is 115 Å². The van der Waals surface area contributed by atoms with E-state index in [1.165, 1.54) is 0 Å². The molecule has 1 unspecified atom stereocenters. The van der Waals surface area contributed by atoms with Crippen LogP contribution < -0.4 is 4.74 Å². The summed E-state index contributed by atoms with van der Waals surface area (Å²) in [7, 11) is 1.06. The summed E-state index contributed by atoms with van der Waals surface area (Å²) in [5.74, 6) is -5.05. The van der Waals surface area contributed by atoms with Gasteiger partial charge in [0.05, 0.1) is 13.7 Å². The van der Waals surface area contributed by atoms with Gasteiger partial charge in [-0.3, -0.25) is 4.79 Å². The summed E-state index contributed by atoms with van der Waals surface area (Å²) in [6.45, 7) is 3.33. The number of halogens is 3. The van der Waals surface area contributed by atoms with Gasteiger partial charge in [0.2, 0.25) is 5.82 Å². The van der Waals surface area contributed by atoms with Crippen LogP contribution in [0.25, 0.3) is 0 Å². The van der Waals surface area contributed by atoms with Crippen LogP contribution >= 0.6 is 0 Å². The first kappa shape index (κ1) is 16.3. The van der Waals surface area contributed by atoms with E-state index in [0.717, 1.165) is 13.2 Å². The Kier molecular flexibility index (Phi) is 5.85. The number of methoxy groups -OCH3 is 1. The third-order valence-corrected chi connectivity index (χ3v) is 2.98. The van der Waals surface area contributed by atoms with E-state index in [-0.39, 0.29) is 31.0 Å². The lowest BCUT2D eigenvalue weighted by molar-refractivity contribution is -0.143. The number of carbonyl (C=O) groups is 1. The minimum atomic E-state index is -1.35. The van der Waals surface area contributed by atoms with Gasteiger partial charge >= 0.3 is 5.97 Å². The van der Waals surface area contributed by atoms with Crippen LogP contribution in [0.3, 0.4) is 0 Å². The molecule has 0 saturated heterocycles. The topological polar surface area (TPSA) is 35.5 Å². The van der Waals surface area contributed by atoms with Gasteiger partial charge in [-0.25, -0.2) is 8.78 Å². The fourth-order valence-electron chi connectivity index (χ4n) is 1.75. The van der Waals surface area contributed by atoms with Crippen LogP contribution in [0.2, 0.25) is 0 Å². The van der Waals surface area contributed by atoms with Crippen molar-refractivity contribution >= 4 is 5.97 Å². The normalized spacial score (nSPS) is 12.1. The van der Waals surface area contributed by atoms with Gasteiger partial charge < -0.3 is 9.47 Å². The quantitative estimate of drug-likeness (QED) is 0.593. The average molecular weight is 290 g/mol. The van der Waals surface area contributed by atoms with Gasteiger partial charge in [-0.15, -0.1) is 0 Å². The molecule has 0 fully saturated rings. The monoisotopic (exact) mass is 290 g/mol. The standard InChI is InChI=1S/C14H17F3O3/c1-4-11(18)20-6-5-8(2)9-7-10(15)14(19-3)13(17)12(9)16/h7-8H,4-6H2,1-3H3. The van der Waals surface area contributed by atoms with E-state index in [0.29, 0.717) is 0 Å². The highest BCUT2D eigenvalue weighted by Crippen LogP contribution is 2.31. The summed E-state index contributed by atoms with van der Waals surface area (Å²) >= 11 is 0. The maximum atomic E-state index is 13.8. The zero-order valence-electron chi connectivity index (χ0n) is 11.6. The van der Waals surface area contributed by atoms with Gasteiger partial charge in [-0.2, -0.15) is 4.39 Å². The predicted octanol–water partition coefficient (Wildman–Crippen LogP) is 3.56. The molecule has 0 amide bonds. The highest BCUT2D eigenvalue weighted by Gasteiger charge is 2.22. The number of rotatable bonds is 6.